The van der Waals surface area contributed by atoms with Crippen LogP contribution in [0.2, 0.25) is 0 Å². The van der Waals surface area contributed by atoms with Crippen LogP contribution in [0, 0.1) is 0 Å². The van der Waals surface area contributed by atoms with Gasteiger partial charge in [0.2, 0.25) is 5.95 Å². The highest BCUT2D eigenvalue weighted by molar-refractivity contribution is 5.92. The number of methoxy groups -OCH3 is 2. The van der Waals surface area contributed by atoms with Crippen LogP contribution in [-0.2, 0) is 0 Å². The number of H-pyrrole nitrogens is 1. The number of imidazole rings is 1. The molecule has 0 aliphatic carbocycles. The number of hydrogen-bond acceptors (Lipinski definition) is 6. The highest BCUT2D eigenvalue weighted by Gasteiger charge is 2.19. The van der Waals surface area contributed by atoms with Gasteiger partial charge in [-0.1, -0.05) is 6.07 Å². The van der Waals surface area contributed by atoms with E-state index in [-0.39, 0.29) is 5.95 Å². The van der Waals surface area contributed by atoms with E-state index in [4.69, 9.17) is 15.2 Å². The normalized spacial score (nSPS) is 10.7. The van der Waals surface area contributed by atoms with E-state index < -0.39 is 0 Å². The van der Waals surface area contributed by atoms with Gasteiger partial charge >= 0.3 is 0 Å². The van der Waals surface area contributed by atoms with Crippen molar-refractivity contribution in [2.24, 2.45) is 0 Å². The lowest BCUT2D eigenvalue weighted by Gasteiger charge is -2.13. The molecule has 0 fully saturated rings. The molecule has 102 valence electrons. The first-order valence-corrected chi connectivity index (χ1v) is 5.92. The van der Waals surface area contributed by atoms with Crippen molar-refractivity contribution in [3.8, 4) is 22.8 Å². The molecule has 0 saturated carbocycles. The van der Waals surface area contributed by atoms with Gasteiger partial charge in [-0.05, 0) is 12.1 Å². The molecule has 0 atom stereocenters. The highest BCUT2D eigenvalue weighted by Crippen LogP contribution is 2.39. The van der Waals surface area contributed by atoms with Gasteiger partial charge in [0.05, 0.1) is 26.1 Å². The SMILES string of the molecule is COc1cccc(OC)c1-c1nc(N)nc2nc[nH]c12. The first-order valence-electron chi connectivity index (χ1n) is 5.92. The lowest BCUT2D eigenvalue weighted by atomic mass is 10.1. The van der Waals surface area contributed by atoms with Crippen LogP contribution in [0.1, 0.15) is 0 Å². The summed E-state index contributed by atoms with van der Waals surface area (Å²) in [6, 6.07) is 5.51. The van der Waals surface area contributed by atoms with E-state index in [0.717, 1.165) is 0 Å². The quantitative estimate of drug-likeness (QED) is 0.751. The number of aromatic nitrogens is 4. The van der Waals surface area contributed by atoms with Gasteiger partial charge in [-0.2, -0.15) is 4.98 Å². The first kappa shape index (κ1) is 12.2. The molecule has 3 N–H and O–H groups in total. The molecule has 0 unspecified atom stereocenters. The third kappa shape index (κ3) is 1.80. The number of nitrogens with two attached hydrogens (primary N) is 1. The Labute approximate surface area is 114 Å². The molecule has 0 amide bonds. The molecular weight excluding hydrogens is 258 g/mol. The van der Waals surface area contributed by atoms with Crippen molar-refractivity contribution in [3.05, 3.63) is 24.5 Å². The third-order valence-corrected chi connectivity index (χ3v) is 2.97. The Morgan fingerprint density at radius 2 is 1.80 bits per heavy atom. The molecule has 0 aliphatic heterocycles. The smallest absolute Gasteiger partial charge is 0.222 e. The molecule has 20 heavy (non-hydrogen) atoms. The fourth-order valence-electron chi connectivity index (χ4n) is 2.12. The molecule has 0 spiro atoms. The van der Waals surface area contributed by atoms with E-state index in [2.05, 4.69) is 19.9 Å². The molecule has 3 aromatic rings. The highest BCUT2D eigenvalue weighted by atomic mass is 16.5. The number of nitrogens with one attached hydrogen (secondary N) is 1. The average Bonchev–Trinajstić information content (AvgIpc) is 2.93. The molecule has 0 aliphatic rings. The monoisotopic (exact) mass is 271 g/mol. The van der Waals surface area contributed by atoms with Crippen LogP contribution in [0.15, 0.2) is 24.5 Å². The maximum atomic E-state index is 5.75. The second-order valence-corrected chi connectivity index (χ2v) is 4.07. The van der Waals surface area contributed by atoms with Crippen LogP contribution in [0.25, 0.3) is 22.4 Å². The van der Waals surface area contributed by atoms with Crippen LogP contribution in [0.4, 0.5) is 5.95 Å². The molecule has 7 heteroatoms. The minimum Gasteiger partial charge on any atom is -0.496 e. The van der Waals surface area contributed by atoms with Gasteiger partial charge in [0, 0.05) is 0 Å². The van der Waals surface area contributed by atoms with Crippen molar-refractivity contribution in [3.63, 3.8) is 0 Å². The number of aromatic amines is 1. The number of fused-ring (bicyclic) bond motifs is 1. The summed E-state index contributed by atoms with van der Waals surface area (Å²) in [7, 11) is 3.18. The van der Waals surface area contributed by atoms with E-state index in [0.29, 0.717) is 33.9 Å². The molecule has 0 radical (unpaired) electrons. The van der Waals surface area contributed by atoms with Crippen LogP contribution in [0.3, 0.4) is 0 Å². The molecule has 2 heterocycles. The minimum absolute atomic E-state index is 0.146. The number of hydrogen-bond donors (Lipinski definition) is 2. The molecule has 0 bridgehead atoms. The average molecular weight is 271 g/mol. The van der Waals surface area contributed by atoms with Crippen LogP contribution in [-0.4, -0.2) is 34.2 Å². The van der Waals surface area contributed by atoms with E-state index in [1.165, 1.54) is 0 Å². The number of benzene rings is 1. The van der Waals surface area contributed by atoms with Gasteiger partial charge in [0.1, 0.15) is 22.7 Å². The van der Waals surface area contributed by atoms with Crippen LogP contribution < -0.4 is 15.2 Å². The van der Waals surface area contributed by atoms with Gasteiger partial charge in [-0.3, -0.25) is 0 Å². The van der Waals surface area contributed by atoms with E-state index in [1.54, 1.807) is 20.5 Å². The van der Waals surface area contributed by atoms with E-state index >= 15 is 0 Å². The predicted octanol–water partition coefficient (Wildman–Crippen LogP) is 1.62. The summed E-state index contributed by atoms with van der Waals surface area (Å²) in [4.78, 5) is 15.5. The Morgan fingerprint density at radius 3 is 2.45 bits per heavy atom. The van der Waals surface area contributed by atoms with Crippen molar-refractivity contribution < 1.29 is 9.47 Å². The predicted molar refractivity (Wildman–Crippen MR) is 74.6 cm³/mol. The zero-order valence-electron chi connectivity index (χ0n) is 11.0. The largest absolute Gasteiger partial charge is 0.496 e. The first-order chi connectivity index (χ1) is 9.74. The topological polar surface area (TPSA) is 98.9 Å². The Morgan fingerprint density at radius 1 is 1.10 bits per heavy atom. The van der Waals surface area contributed by atoms with Gasteiger partial charge in [-0.25, -0.2) is 9.97 Å². The van der Waals surface area contributed by atoms with Crippen molar-refractivity contribution >= 4 is 17.1 Å². The van der Waals surface area contributed by atoms with Crippen LogP contribution >= 0.6 is 0 Å². The Hall–Kier alpha value is -2.83. The molecule has 1 aromatic carbocycles. The Kier molecular flexibility index (Phi) is 2.86. The summed E-state index contributed by atoms with van der Waals surface area (Å²) in [5, 5.41) is 0. The third-order valence-electron chi connectivity index (χ3n) is 2.97. The lowest BCUT2D eigenvalue weighted by Crippen LogP contribution is -2.00. The molecule has 2 aromatic heterocycles. The fraction of sp³-hybridized carbons (Fsp3) is 0.154. The van der Waals surface area contributed by atoms with Gasteiger partial charge in [-0.15, -0.1) is 0 Å². The van der Waals surface area contributed by atoms with Crippen LogP contribution in [0.5, 0.6) is 11.5 Å². The lowest BCUT2D eigenvalue weighted by molar-refractivity contribution is 0.397. The standard InChI is InChI=1S/C13H13N5O2/c1-19-7-4-3-5-8(20-2)9(7)10-11-12(16-6-15-11)18-13(14)17-10/h3-6H,1-2H3,(H3,14,15,16,17,18). The molecular formula is C13H13N5O2. The number of ether oxygens (including phenoxy) is 2. The minimum atomic E-state index is 0.146. The maximum absolute atomic E-state index is 5.75. The summed E-state index contributed by atoms with van der Waals surface area (Å²) in [6.45, 7) is 0. The van der Waals surface area contributed by atoms with Gasteiger partial charge in [0.25, 0.3) is 0 Å². The molecule has 7 nitrogen and oxygen atoms in total. The number of nitrogen functional groups attached to an aromatic ring is 1. The van der Waals surface area contributed by atoms with Crippen molar-refractivity contribution in [2.45, 2.75) is 0 Å². The molecule has 0 saturated heterocycles. The molecule has 3 rings (SSSR count). The zero-order valence-corrected chi connectivity index (χ0v) is 11.0. The summed E-state index contributed by atoms with van der Waals surface area (Å²) >= 11 is 0. The second kappa shape index (κ2) is 4.69. The van der Waals surface area contributed by atoms with Gasteiger partial charge < -0.3 is 20.2 Å². The van der Waals surface area contributed by atoms with Gasteiger partial charge in [0.15, 0.2) is 5.65 Å². The van der Waals surface area contributed by atoms with Crippen molar-refractivity contribution in [2.75, 3.05) is 20.0 Å². The van der Waals surface area contributed by atoms with Crippen molar-refractivity contribution in [1.29, 1.82) is 0 Å². The number of rotatable bonds is 3. The summed E-state index contributed by atoms with van der Waals surface area (Å²) in [5.74, 6) is 1.42. The zero-order chi connectivity index (χ0) is 14.1. The second-order valence-electron chi connectivity index (χ2n) is 4.07. The fourth-order valence-corrected chi connectivity index (χ4v) is 2.12. The Bertz CT molecular complexity index is 746. The van der Waals surface area contributed by atoms with Crippen molar-refractivity contribution in [1.82, 2.24) is 19.9 Å². The van der Waals surface area contributed by atoms with E-state index in [9.17, 15) is 0 Å². The van der Waals surface area contributed by atoms with E-state index in [1.807, 2.05) is 18.2 Å². The number of anilines is 1. The maximum Gasteiger partial charge on any atom is 0.222 e. The summed E-state index contributed by atoms with van der Waals surface area (Å²) < 4.78 is 10.8. The number of nitrogens with zero attached hydrogens (tertiary/aromatic N) is 3. The summed E-state index contributed by atoms with van der Waals surface area (Å²) in [6.07, 6.45) is 1.55. The summed E-state index contributed by atoms with van der Waals surface area (Å²) in [5.41, 5.74) is 8.24. The Balaban J connectivity index is 2.38.